The van der Waals surface area contributed by atoms with Crippen LogP contribution in [0.2, 0.25) is 0 Å². The molecule has 86 heavy (non-hydrogen) atoms. The molecule has 6 heteroatoms. The fourth-order valence-electron chi connectivity index (χ4n) is 12.7. The van der Waals surface area contributed by atoms with Crippen molar-refractivity contribution >= 4 is 11.9 Å². The molecule has 0 saturated carbocycles. The third kappa shape index (κ3) is 71.4. The van der Waals surface area contributed by atoms with Gasteiger partial charge < -0.3 is 20.3 Å². The van der Waals surface area contributed by atoms with Crippen LogP contribution in [0.3, 0.4) is 0 Å². The van der Waals surface area contributed by atoms with Crippen LogP contribution in [0.1, 0.15) is 450 Å². The summed E-state index contributed by atoms with van der Waals surface area (Å²) in [5.74, 6) is -0.0142. The molecule has 0 rings (SSSR count). The molecule has 0 aliphatic rings. The van der Waals surface area contributed by atoms with Gasteiger partial charge in [-0.25, -0.2) is 0 Å². The van der Waals surface area contributed by atoms with Gasteiger partial charge in [-0.15, -0.1) is 0 Å². The van der Waals surface area contributed by atoms with Crippen molar-refractivity contribution in [2.75, 3.05) is 13.2 Å². The minimum atomic E-state index is -0.667. The van der Waals surface area contributed by atoms with Crippen LogP contribution >= 0.6 is 0 Å². The van der Waals surface area contributed by atoms with Gasteiger partial charge in [0.2, 0.25) is 5.91 Å². The lowest BCUT2D eigenvalue weighted by Crippen LogP contribution is -2.45. The average Bonchev–Trinajstić information content (AvgIpc) is 3.52. The summed E-state index contributed by atoms with van der Waals surface area (Å²) >= 11 is 0. The summed E-state index contributed by atoms with van der Waals surface area (Å²) in [6, 6.07) is -0.544. The number of aliphatic hydroxyl groups is 2. The highest BCUT2D eigenvalue weighted by molar-refractivity contribution is 5.76. The Bertz CT molecular complexity index is 1350. The van der Waals surface area contributed by atoms with E-state index in [4.69, 9.17) is 4.74 Å². The van der Waals surface area contributed by atoms with Crippen LogP contribution in [0.25, 0.3) is 0 Å². The zero-order valence-corrected chi connectivity index (χ0v) is 58.6. The zero-order valence-electron chi connectivity index (χ0n) is 58.6. The van der Waals surface area contributed by atoms with Crippen LogP contribution in [0.5, 0.6) is 0 Å². The van der Waals surface area contributed by atoms with Crippen molar-refractivity contribution < 1.29 is 24.5 Å². The Hall–Kier alpha value is -1.66. The molecule has 0 heterocycles. The maximum Gasteiger partial charge on any atom is 0.305 e. The third-order valence-corrected chi connectivity index (χ3v) is 18.8. The minimum absolute atomic E-state index is 0.0161. The lowest BCUT2D eigenvalue weighted by molar-refractivity contribution is -0.143. The third-order valence-electron chi connectivity index (χ3n) is 18.8. The number of hydrogen-bond donors (Lipinski definition) is 3. The number of allylic oxidation sites excluding steroid dienone is 4. The van der Waals surface area contributed by atoms with Crippen molar-refractivity contribution in [3.05, 3.63) is 24.3 Å². The number of unbranched alkanes of at least 4 members (excludes halogenated alkanes) is 60. The normalized spacial score (nSPS) is 12.6. The summed E-state index contributed by atoms with van der Waals surface area (Å²) in [6.45, 7) is 5.00. The molecule has 0 aromatic carbocycles. The number of amides is 1. The van der Waals surface area contributed by atoms with Crippen LogP contribution in [-0.2, 0) is 14.3 Å². The molecule has 6 nitrogen and oxygen atoms in total. The molecule has 0 radical (unpaired) electrons. The first-order valence-electron chi connectivity index (χ1n) is 39.6. The van der Waals surface area contributed by atoms with E-state index in [2.05, 4.69) is 43.5 Å². The SMILES string of the molecule is CCCCCCCCCCCCCCCCCCCCCCCCCCCC(O)C(CO)NC(=O)CCCCCCCCCCCCCCC/C=C\C/C=C\CCCCCCCCCCCOC(=O)CCCCCCCCCCCCCCCCC. The van der Waals surface area contributed by atoms with Crippen molar-refractivity contribution in [3.63, 3.8) is 0 Å². The average molecular weight is 1210 g/mol. The summed E-state index contributed by atoms with van der Waals surface area (Å²) in [5.41, 5.74) is 0. The van der Waals surface area contributed by atoms with Crippen molar-refractivity contribution in [3.8, 4) is 0 Å². The minimum Gasteiger partial charge on any atom is -0.466 e. The summed E-state index contributed by atoms with van der Waals surface area (Å²) in [6.07, 6.45) is 96.9. The number of esters is 1. The number of carbonyl (C=O) groups is 2. The smallest absolute Gasteiger partial charge is 0.305 e. The molecule has 0 aliphatic carbocycles. The molecule has 0 aliphatic heterocycles. The van der Waals surface area contributed by atoms with E-state index in [1.807, 2.05) is 0 Å². The van der Waals surface area contributed by atoms with Crippen LogP contribution in [0.15, 0.2) is 24.3 Å². The lowest BCUT2D eigenvalue weighted by atomic mass is 10.0. The van der Waals surface area contributed by atoms with Crippen LogP contribution in [0, 0.1) is 0 Å². The second-order valence-corrected chi connectivity index (χ2v) is 27.4. The van der Waals surface area contributed by atoms with Crippen LogP contribution in [-0.4, -0.2) is 47.4 Å². The predicted molar refractivity (Wildman–Crippen MR) is 380 cm³/mol. The van der Waals surface area contributed by atoms with Gasteiger partial charge in [-0.1, -0.05) is 404 Å². The van der Waals surface area contributed by atoms with E-state index in [0.29, 0.717) is 25.9 Å². The monoisotopic (exact) mass is 1210 g/mol. The van der Waals surface area contributed by atoms with Crippen molar-refractivity contribution in [2.24, 2.45) is 0 Å². The molecule has 1 amide bonds. The molecule has 0 fully saturated rings. The molecule has 0 bridgehead atoms. The Labute approximate surface area is 539 Å². The number of ether oxygens (including phenoxy) is 1. The number of rotatable bonds is 75. The Balaban J connectivity index is 3.39. The number of aliphatic hydroxyl groups excluding tert-OH is 2. The molecule has 0 spiro atoms. The van der Waals surface area contributed by atoms with E-state index in [1.54, 1.807) is 0 Å². The van der Waals surface area contributed by atoms with Gasteiger partial charge in [0.05, 0.1) is 25.4 Å². The van der Waals surface area contributed by atoms with E-state index in [-0.39, 0.29) is 18.5 Å². The standard InChI is InChI=1S/C80H155NO5/c1-3-5-7-9-11-13-15-17-19-20-21-22-23-29-32-35-38-41-45-48-52-56-60-64-68-72-78(83)77(76-82)81-79(84)73-69-65-61-57-53-49-46-42-39-36-33-30-27-25-24-26-28-31-34-37-40-43-47-51-55-59-63-67-71-75-86-80(85)74-70-66-62-58-54-50-44-18-16-14-12-10-8-6-4-2/h24,26,31,34,77-78,82-83H,3-23,25,27-30,32-33,35-76H2,1-2H3,(H,81,84)/b26-24-,34-31-. The Morgan fingerprint density at radius 3 is 0.884 bits per heavy atom. The number of nitrogens with one attached hydrogen (secondary N) is 1. The molecule has 510 valence electrons. The van der Waals surface area contributed by atoms with Crippen molar-refractivity contribution in [2.45, 2.75) is 463 Å². The highest BCUT2D eigenvalue weighted by Gasteiger charge is 2.20. The molecular weight excluding hydrogens is 1050 g/mol. The Morgan fingerprint density at radius 1 is 0.326 bits per heavy atom. The molecule has 0 aromatic rings. The van der Waals surface area contributed by atoms with Gasteiger partial charge in [-0.3, -0.25) is 9.59 Å². The Morgan fingerprint density at radius 2 is 0.581 bits per heavy atom. The number of carbonyl (C=O) groups excluding carboxylic acids is 2. The van der Waals surface area contributed by atoms with Gasteiger partial charge in [0.25, 0.3) is 0 Å². The summed E-state index contributed by atoms with van der Waals surface area (Å²) in [5, 5.41) is 23.5. The first-order chi connectivity index (χ1) is 42.5. The quantitative estimate of drug-likeness (QED) is 0.0320. The summed E-state index contributed by atoms with van der Waals surface area (Å²) in [4.78, 5) is 24.7. The predicted octanol–water partition coefficient (Wildman–Crippen LogP) is 26.0. The van der Waals surface area contributed by atoms with E-state index >= 15 is 0 Å². The number of hydrogen-bond acceptors (Lipinski definition) is 5. The molecule has 2 atom stereocenters. The van der Waals surface area contributed by atoms with Gasteiger partial charge in [-0.05, 0) is 57.8 Å². The first-order valence-corrected chi connectivity index (χ1v) is 39.6. The molecule has 2 unspecified atom stereocenters. The second kappa shape index (κ2) is 75.8. The molecule has 0 aromatic heterocycles. The van der Waals surface area contributed by atoms with Gasteiger partial charge >= 0.3 is 5.97 Å². The fourth-order valence-corrected chi connectivity index (χ4v) is 12.7. The maximum absolute atomic E-state index is 12.6. The van der Waals surface area contributed by atoms with Crippen molar-refractivity contribution in [1.29, 1.82) is 0 Å². The topological polar surface area (TPSA) is 95.9 Å². The summed E-state index contributed by atoms with van der Waals surface area (Å²) < 4.78 is 5.50. The largest absolute Gasteiger partial charge is 0.466 e. The van der Waals surface area contributed by atoms with Crippen molar-refractivity contribution in [1.82, 2.24) is 5.32 Å². The van der Waals surface area contributed by atoms with Gasteiger partial charge in [0.15, 0.2) is 0 Å². The fraction of sp³-hybridized carbons (Fsp3) is 0.925. The molecular formula is C80H155NO5. The molecule has 3 N–H and O–H groups in total. The maximum atomic E-state index is 12.6. The van der Waals surface area contributed by atoms with Crippen LogP contribution < -0.4 is 5.32 Å². The summed E-state index contributed by atoms with van der Waals surface area (Å²) in [7, 11) is 0. The van der Waals surface area contributed by atoms with Gasteiger partial charge in [0, 0.05) is 12.8 Å². The van der Waals surface area contributed by atoms with E-state index < -0.39 is 12.1 Å². The molecule has 0 saturated heterocycles. The lowest BCUT2D eigenvalue weighted by Gasteiger charge is -2.22. The van der Waals surface area contributed by atoms with E-state index in [0.717, 1.165) is 44.9 Å². The van der Waals surface area contributed by atoms with Crippen LogP contribution in [0.4, 0.5) is 0 Å². The Kier molecular flexibility index (Phi) is 74.3. The highest BCUT2D eigenvalue weighted by Crippen LogP contribution is 2.20. The van der Waals surface area contributed by atoms with E-state index in [1.165, 1.54) is 372 Å². The highest BCUT2D eigenvalue weighted by atomic mass is 16.5. The zero-order chi connectivity index (χ0) is 62.0. The van der Waals surface area contributed by atoms with Gasteiger partial charge in [-0.2, -0.15) is 0 Å². The van der Waals surface area contributed by atoms with E-state index in [9.17, 15) is 19.8 Å². The van der Waals surface area contributed by atoms with Gasteiger partial charge in [0.1, 0.15) is 0 Å². The first kappa shape index (κ1) is 84.3. The second-order valence-electron chi connectivity index (χ2n) is 27.4.